The lowest BCUT2D eigenvalue weighted by Gasteiger charge is -2.09. The van der Waals surface area contributed by atoms with Gasteiger partial charge in [0.05, 0.1) is 5.92 Å². The zero-order valence-corrected chi connectivity index (χ0v) is 9.10. The minimum absolute atomic E-state index is 0.317. The topological polar surface area (TPSA) is 55.1 Å². The molecule has 0 bridgehead atoms. The smallest absolute Gasteiger partial charge is 0.435 e. The van der Waals surface area contributed by atoms with Crippen molar-refractivity contribution in [1.82, 2.24) is 9.78 Å². The molecule has 0 saturated carbocycles. The zero-order chi connectivity index (χ0) is 12.7. The maximum Gasteiger partial charge on any atom is 0.435 e. The van der Waals surface area contributed by atoms with Gasteiger partial charge in [-0.25, -0.2) is 0 Å². The molecule has 4 nitrogen and oxygen atoms in total. The Balaban J connectivity index is 3.41. The Bertz CT molecular complexity index is 428. The van der Waals surface area contributed by atoms with Crippen molar-refractivity contribution in [3.8, 4) is 0 Å². The molecule has 0 radical (unpaired) electrons. The van der Waals surface area contributed by atoms with Gasteiger partial charge in [0.2, 0.25) is 0 Å². The molecule has 0 aromatic carbocycles. The van der Waals surface area contributed by atoms with E-state index in [0.29, 0.717) is 0 Å². The Hall–Kier alpha value is -1.24. The number of nitrogens with zero attached hydrogens (tertiary/aromatic N) is 2. The van der Waals surface area contributed by atoms with Crippen LogP contribution in [0.5, 0.6) is 0 Å². The van der Waals surface area contributed by atoms with Gasteiger partial charge in [-0.2, -0.15) is 18.3 Å². The fourth-order valence-corrected chi connectivity index (χ4v) is 1.53. The van der Waals surface area contributed by atoms with Crippen LogP contribution < -0.4 is 0 Å². The Morgan fingerprint density at radius 3 is 2.44 bits per heavy atom. The fraction of sp³-hybridized carbons (Fsp3) is 0.500. The highest BCUT2D eigenvalue weighted by Crippen LogP contribution is 2.37. The molecule has 0 fully saturated rings. The summed E-state index contributed by atoms with van der Waals surface area (Å²) in [4.78, 5) is 10.7. The first-order valence-corrected chi connectivity index (χ1v) is 4.56. The predicted molar refractivity (Wildman–Crippen MR) is 49.3 cm³/mol. The molecule has 1 N–H and O–H groups in total. The molecule has 1 heterocycles. The molecule has 0 aliphatic heterocycles. The molecule has 0 spiro atoms. The summed E-state index contributed by atoms with van der Waals surface area (Å²) < 4.78 is 38.4. The Labute approximate surface area is 93.6 Å². The van der Waals surface area contributed by atoms with Gasteiger partial charge in [0.15, 0.2) is 5.69 Å². The number of carboxylic acids is 1. The van der Waals surface area contributed by atoms with Crippen LogP contribution in [0.15, 0.2) is 0 Å². The van der Waals surface area contributed by atoms with E-state index in [-0.39, 0.29) is 5.15 Å². The second kappa shape index (κ2) is 3.97. The first-order chi connectivity index (χ1) is 7.16. The van der Waals surface area contributed by atoms with E-state index in [1.54, 1.807) is 0 Å². The summed E-state index contributed by atoms with van der Waals surface area (Å²) in [6, 6.07) is 0. The van der Waals surface area contributed by atoms with Crippen molar-refractivity contribution in [2.24, 2.45) is 7.05 Å². The van der Waals surface area contributed by atoms with Gasteiger partial charge in [-0.3, -0.25) is 9.48 Å². The maximum absolute atomic E-state index is 12.5. The number of halogens is 4. The normalized spacial score (nSPS) is 13.9. The van der Waals surface area contributed by atoms with E-state index in [2.05, 4.69) is 5.10 Å². The highest BCUT2D eigenvalue weighted by molar-refractivity contribution is 6.30. The van der Waals surface area contributed by atoms with E-state index < -0.39 is 29.3 Å². The van der Waals surface area contributed by atoms with Crippen LogP contribution in [0, 0.1) is 0 Å². The number of hydrogen-bond donors (Lipinski definition) is 1. The highest BCUT2D eigenvalue weighted by atomic mass is 35.5. The Morgan fingerprint density at radius 2 is 2.06 bits per heavy atom. The molecule has 8 heteroatoms. The average Bonchev–Trinajstić information content (AvgIpc) is 2.42. The van der Waals surface area contributed by atoms with Gasteiger partial charge in [-0.1, -0.05) is 11.6 Å². The molecule has 1 unspecified atom stereocenters. The second-order valence-electron chi connectivity index (χ2n) is 3.23. The van der Waals surface area contributed by atoms with Gasteiger partial charge in [0.1, 0.15) is 5.15 Å². The molecular weight excluding hydrogens is 249 g/mol. The average molecular weight is 257 g/mol. The van der Waals surface area contributed by atoms with E-state index in [0.717, 1.165) is 11.6 Å². The van der Waals surface area contributed by atoms with Gasteiger partial charge in [0, 0.05) is 12.6 Å². The van der Waals surface area contributed by atoms with Crippen molar-refractivity contribution in [3.05, 3.63) is 16.4 Å². The van der Waals surface area contributed by atoms with Crippen LogP contribution in [-0.2, 0) is 18.0 Å². The van der Waals surface area contributed by atoms with Gasteiger partial charge in [-0.15, -0.1) is 0 Å². The molecule has 1 aromatic heterocycles. The van der Waals surface area contributed by atoms with Crippen LogP contribution in [0.3, 0.4) is 0 Å². The number of alkyl halides is 3. The Morgan fingerprint density at radius 1 is 1.56 bits per heavy atom. The van der Waals surface area contributed by atoms with Gasteiger partial charge < -0.3 is 5.11 Å². The third kappa shape index (κ3) is 2.13. The van der Waals surface area contributed by atoms with E-state index in [1.807, 2.05) is 0 Å². The monoisotopic (exact) mass is 256 g/mol. The van der Waals surface area contributed by atoms with Crippen LogP contribution in [0.4, 0.5) is 13.2 Å². The van der Waals surface area contributed by atoms with Crippen molar-refractivity contribution in [1.29, 1.82) is 0 Å². The molecule has 90 valence electrons. The molecule has 1 aromatic rings. The molecular formula is C8H8ClF3N2O2. The van der Waals surface area contributed by atoms with Gasteiger partial charge in [-0.05, 0) is 6.92 Å². The third-order valence-corrected chi connectivity index (χ3v) is 2.53. The summed E-state index contributed by atoms with van der Waals surface area (Å²) in [6.45, 7) is 1.13. The van der Waals surface area contributed by atoms with Crippen LogP contribution in [-0.4, -0.2) is 20.9 Å². The van der Waals surface area contributed by atoms with E-state index in [1.165, 1.54) is 7.05 Å². The lowest BCUT2D eigenvalue weighted by Crippen LogP contribution is -2.15. The van der Waals surface area contributed by atoms with Crippen molar-refractivity contribution >= 4 is 17.6 Å². The first kappa shape index (κ1) is 12.8. The third-order valence-electron chi connectivity index (χ3n) is 2.08. The van der Waals surface area contributed by atoms with Crippen molar-refractivity contribution in [3.63, 3.8) is 0 Å². The molecule has 0 aliphatic rings. The number of aromatic nitrogens is 2. The minimum Gasteiger partial charge on any atom is -0.481 e. The minimum atomic E-state index is -4.72. The number of carbonyl (C=O) groups is 1. The first-order valence-electron chi connectivity index (χ1n) is 4.18. The predicted octanol–water partition coefficient (Wildman–Crippen LogP) is 2.28. The molecule has 0 amide bonds. The lowest BCUT2D eigenvalue weighted by atomic mass is 10.0. The van der Waals surface area contributed by atoms with E-state index in [4.69, 9.17) is 16.7 Å². The number of hydrogen-bond acceptors (Lipinski definition) is 2. The number of aliphatic carboxylic acids is 1. The summed E-state index contributed by atoms with van der Waals surface area (Å²) in [5.41, 5.74) is -1.76. The second-order valence-corrected chi connectivity index (χ2v) is 3.59. The summed E-state index contributed by atoms with van der Waals surface area (Å²) in [6.07, 6.45) is -4.72. The Kier molecular flexibility index (Phi) is 3.18. The summed E-state index contributed by atoms with van der Waals surface area (Å²) in [5.74, 6) is -2.75. The van der Waals surface area contributed by atoms with Crippen LogP contribution in [0.1, 0.15) is 24.1 Å². The molecule has 1 atom stereocenters. The number of carboxylic acid groups (broad SMARTS) is 1. The number of aryl methyl sites for hydroxylation is 1. The van der Waals surface area contributed by atoms with Crippen molar-refractivity contribution in [2.75, 3.05) is 0 Å². The fourth-order valence-electron chi connectivity index (χ4n) is 1.24. The molecule has 16 heavy (non-hydrogen) atoms. The van der Waals surface area contributed by atoms with E-state index >= 15 is 0 Å². The van der Waals surface area contributed by atoms with Crippen LogP contribution >= 0.6 is 11.6 Å². The highest BCUT2D eigenvalue weighted by Gasteiger charge is 2.41. The van der Waals surface area contributed by atoms with E-state index in [9.17, 15) is 18.0 Å². The SMILES string of the molecule is CC(C(=O)O)c1c(C(F)(F)F)nn(C)c1Cl. The standard InChI is InChI=1S/C8H8ClF3N2O2/c1-3(7(15)16)4-5(8(10,11)12)13-14(2)6(4)9/h3H,1-2H3,(H,15,16). The van der Waals surface area contributed by atoms with Crippen molar-refractivity contribution < 1.29 is 23.1 Å². The summed E-state index contributed by atoms with van der Waals surface area (Å²) >= 11 is 5.60. The van der Waals surface area contributed by atoms with Crippen LogP contribution in [0.2, 0.25) is 5.15 Å². The number of rotatable bonds is 2. The summed E-state index contributed by atoms with van der Waals surface area (Å²) in [5, 5.41) is 11.6. The summed E-state index contributed by atoms with van der Waals surface area (Å²) in [7, 11) is 1.22. The van der Waals surface area contributed by atoms with Crippen LogP contribution in [0.25, 0.3) is 0 Å². The van der Waals surface area contributed by atoms with Gasteiger partial charge in [0.25, 0.3) is 0 Å². The zero-order valence-electron chi connectivity index (χ0n) is 8.34. The molecule has 0 aliphatic carbocycles. The maximum atomic E-state index is 12.5. The van der Waals surface area contributed by atoms with Gasteiger partial charge >= 0.3 is 12.1 Å². The quantitative estimate of drug-likeness (QED) is 0.883. The largest absolute Gasteiger partial charge is 0.481 e. The molecule has 0 saturated heterocycles. The lowest BCUT2D eigenvalue weighted by molar-refractivity contribution is -0.143. The molecule has 1 rings (SSSR count). The van der Waals surface area contributed by atoms with Crippen molar-refractivity contribution in [2.45, 2.75) is 19.0 Å².